The molecule has 124 valence electrons. The summed E-state index contributed by atoms with van der Waals surface area (Å²) in [5.74, 6) is -0.0900. The Kier molecular flexibility index (Phi) is 4.69. The van der Waals surface area contributed by atoms with Crippen molar-refractivity contribution in [1.29, 1.82) is 0 Å². The van der Waals surface area contributed by atoms with Crippen LogP contribution in [0.3, 0.4) is 0 Å². The van der Waals surface area contributed by atoms with Gasteiger partial charge in [-0.2, -0.15) is 13.2 Å². The number of alkyl halides is 3. The van der Waals surface area contributed by atoms with Gasteiger partial charge in [0, 0.05) is 25.4 Å². The van der Waals surface area contributed by atoms with Crippen LogP contribution in [0.1, 0.15) is 18.4 Å². The molecule has 0 aromatic heterocycles. The molecule has 5 nitrogen and oxygen atoms in total. The summed E-state index contributed by atoms with van der Waals surface area (Å²) < 4.78 is 62.2. The number of aliphatic hydroxyl groups excluding tert-OH is 1. The van der Waals surface area contributed by atoms with Crippen molar-refractivity contribution in [1.82, 2.24) is 0 Å². The van der Waals surface area contributed by atoms with Gasteiger partial charge < -0.3 is 10.0 Å². The first kappa shape index (κ1) is 17.0. The molecule has 9 heteroatoms. The molecule has 0 saturated carbocycles. The van der Waals surface area contributed by atoms with Crippen molar-refractivity contribution in [3.05, 3.63) is 23.8 Å². The summed E-state index contributed by atoms with van der Waals surface area (Å²) >= 11 is 0. The van der Waals surface area contributed by atoms with Crippen LogP contribution < -0.4 is 10.0 Å². The fraction of sp³-hybridized carbons (Fsp3) is 0.538. The number of nitrogens with zero attached hydrogens (tertiary/aromatic N) is 1. The molecule has 22 heavy (non-hydrogen) atoms. The molecule has 1 aliphatic rings. The van der Waals surface area contributed by atoms with Gasteiger partial charge in [0.2, 0.25) is 10.0 Å². The summed E-state index contributed by atoms with van der Waals surface area (Å²) in [6.07, 6.45) is -3.27. The number of sulfonamides is 1. The molecule has 1 atom stereocenters. The highest BCUT2D eigenvalue weighted by atomic mass is 32.2. The van der Waals surface area contributed by atoms with Crippen molar-refractivity contribution >= 4 is 15.7 Å². The quantitative estimate of drug-likeness (QED) is 0.876. The van der Waals surface area contributed by atoms with Gasteiger partial charge in [0.1, 0.15) is 0 Å². The average Bonchev–Trinajstić information content (AvgIpc) is 2.45. The van der Waals surface area contributed by atoms with Gasteiger partial charge in [-0.25, -0.2) is 13.6 Å². The number of benzene rings is 1. The predicted octanol–water partition coefficient (Wildman–Crippen LogP) is 1.56. The van der Waals surface area contributed by atoms with Crippen molar-refractivity contribution in [2.45, 2.75) is 23.9 Å². The van der Waals surface area contributed by atoms with E-state index in [9.17, 15) is 26.7 Å². The molecule has 1 aliphatic heterocycles. The molecule has 1 fully saturated rings. The van der Waals surface area contributed by atoms with E-state index >= 15 is 0 Å². The number of aliphatic hydroxyl groups is 1. The van der Waals surface area contributed by atoms with Gasteiger partial charge in [-0.15, -0.1) is 0 Å². The third-order valence-electron chi connectivity index (χ3n) is 3.72. The van der Waals surface area contributed by atoms with Crippen LogP contribution in [0.15, 0.2) is 23.1 Å². The van der Waals surface area contributed by atoms with Crippen molar-refractivity contribution in [3.63, 3.8) is 0 Å². The summed E-state index contributed by atoms with van der Waals surface area (Å²) in [4.78, 5) is 0.958. The van der Waals surface area contributed by atoms with E-state index in [1.165, 1.54) is 4.90 Å². The number of primary sulfonamides is 1. The first-order valence-corrected chi connectivity index (χ1v) is 8.27. The van der Waals surface area contributed by atoms with Crippen LogP contribution in [0.25, 0.3) is 0 Å². The number of rotatable bonds is 3. The fourth-order valence-electron chi connectivity index (χ4n) is 2.63. The van der Waals surface area contributed by atoms with Crippen LogP contribution >= 0.6 is 0 Å². The molecule has 1 aromatic rings. The predicted molar refractivity (Wildman–Crippen MR) is 74.8 cm³/mol. The Bertz CT molecular complexity index is 646. The zero-order valence-electron chi connectivity index (χ0n) is 11.7. The molecule has 0 unspecified atom stereocenters. The maximum atomic E-state index is 13.2. The third-order valence-corrected chi connectivity index (χ3v) is 4.63. The normalized spacial score (nSPS) is 20.2. The Morgan fingerprint density at radius 3 is 2.59 bits per heavy atom. The van der Waals surface area contributed by atoms with Crippen molar-refractivity contribution in [2.75, 3.05) is 24.6 Å². The summed E-state index contributed by atoms with van der Waals surface area (Å²) in [7, 11) is -4.21. The summed E-state index contributed by atoms with van der Waals surface area (Å²) in [5.41, 5.74) is -1.12. The molecule has 0 amide bonds. The minimum absolute atomic E-state index is 0.0851. The lowest BCUT2D eigenvalue weighted by molar-refractivity contribution is -0.137. The van der Waals surface area contributed by atoms with Gasteiger partial charge in [0.25, 0.3) is 0 Å². The van der Waals surface area contributed by atoms with Crippen LogP contribution in [0.2, 0.25) is 0 Å². The van der Waals surface area contributed by atoms with Crippen molar-refractivity contribution in [2.24, 2.45) is 11.1 Å². The zero-order chi connectivity index (χ0) is 16.5. The van der Waals surface area contributed by atoms with E-state index < -0.39 is 26.7 Å². The van der Waals surface area contributed by atoms with Gasteiger partial charge in [-0.3, -0.25) is 0 Å². The second kappa shape index (κ2) is 6.05. The second-order valence-corrected chi connectivity index (χ2v) is 6.92. The molecular formula is C13H17F3N2O3S. The van der Waals surface area contributed by atoms with Gasteiger partial charge in [0.05, 0.1) is 10.5 Å². The van der Waals surface area contributed by atoms with E-state index in [4.69, 9.17) is 5.14 Å². The maximum Gasteiger partial charge on any atom is 0.418 e. The fourth-order valence-corrected chi connectivity index (χ4v) is 3.17. The smallest absolute Gasteiger partial charge is 0.396 e. The number of piperidine rings is 1. The number of anilines is 1. The maximum absolute atomic E-state index is 13.2. The Morgan fingerprint density at radius 1 is 1.36 bits per heavy atom. The Hall–Kier alpha value is -1.32. The van der Waals surface area contributed by atoms with Crippen LogP contribution in [0.5, 0.6) is 0 Å². The molecule has 0 aliphatic carbocycles. The highest BCUT2D eigenvalue weighted by molar-refractivity contribution is 7.89. The first-order valence-electron chi connectivity index (χ1n) is 6.73. The molecule has 1 saturated heterocycles. The molecule has 0 spiro atoms. The molecule has 0 bridgehead atoms. The molecule has 2 rings (SSSR count). The van der Waals surface area contributed by atoms with Crippen LogP contribution in [0, 0.1) is 5.92 Å². The topological polar surface area (TPSA) is 83.6 Å². The van der Waals surface area contributed by atoms with Crippen LogP contribution in [0.4, 0.5) is 18.9 Å². The number of nitrogens with two attached hydrogens (primary N) is 1. The SMILES string of the molecule is NS(=O)(=O)c1ccc(N2CCC[C@H](CO)C2)c(C(F)(F)F)c1. The van der Waals surface area contributed by atoms with E-state index in [0.29, 0.717) is 25.6 Å². The van der Waals surface area contributed by atoms with Gasteiger partial charge in [-0.05, 0) is 37.0 Å². The molecule has 1 aromatic carbocycles. The third kappa shape index (κ3) is 3.71. The van der Waals surface area contributed by atoms with Crippen molar-refractivity contribution < 1.29 is 26.7 Å². The number of hydrogen-bond donors (Lipinski definition) is 2. The Labute approximate surface area is 126 Å². The molecule has 1 heterocycles. The number of halogens is 3. The Morgan fingerprint density at radius 2 is 2.05 bits per heavy atom. The van der Waals surface area contributed by atoms with E-state index in [2.05, 4.69) is 0 Å². The second-order valence-electron chi connectivity index (χ2n) is 5.36. The minimum Gasteiger partial charge on any atom is -0.396 e. The van der Waals surface area contributed by atoms with Crippen molar-refractivity contribution in [3.8, 4) is 0 Å². The monoisotopic (exact) mass is 338 g/mol. The Balaban J connectivity index is 2.47. The minimum atomic E-state index is -4.69. The largest absolute Gasteiger partial charge is 0.418 e. The molecule has 0 radical (unpaired) electrons. The standard InChI is InChI=1S/C13H17F3N2O3S/c14-13(15,16)11-6-10(22(17,20)21)3-4-12(11)18-5-1-2-9(7-18)8-19/h3-4,6,9,19H,1-2,5,7-8H2,(H2,17,20,21)/t9-/m0/s1. The summed E-state index contributed by atoms with van der Waals surface area (Å²) in [6, 6.07) is 2.76. The van der Waals surface area contributed by atoms with Gasteiger partial charge in [0.15, 0.2) is 0 Å². The van der Waals surface area contributed by atoms with E-state index in [1.807, 2.05) is 0 Å². The highest BCUT2D eigenvalue weighted by Gasteiger charge is 2.36. The summed E-state index contributed by atoms with van der Waals surface area (Å²) in [5, 5.41) is 14.1. The first-order chi connectivity index (χ1) is 10.1. The molecule has 3 N–H and O–H groups in total. The number of hydrogen-bond acceptors (Lipinski definition) is 4. The lowest BCUT2D eigenvalue weighted by Gasteiger charge is -2.35. The van der Waals surface area contributed by atoms with Gasteiger partial charge in [-0.1, -0.05) is 0 Å². The van der Waals surface area contributed by atoms with Gasteiger partial charge >= 0.3 is 6.18 Å². The van der Waals surface area contributed by atoms with E-state index in [0.717, 1.165) is 18.6 Å². The van der Waals surface area contributed by atoms with E-state index in [1.54, 1.807) is 0 Å². The van der Waals surface area contributed by atoms with Crippen LogP contribution in [-0.4, -0.2) is 33.2 Å². The summed E-state index contributed by atoms with van der Waals surface area (Å²) in [6.45, 7) is 0.635. The average molecular weight is 338 g/mol. The van der Waals surface area contributed by atoms with Crippen LogP contribution in [-0.2, 0) is 16.2 Å². The lowest BCUT2D eigenvalue weighted by Crippen LogP contribution is -2.38. The lowest BCUT2D eigenvalue weighted by atomic mass is 9.97. The highest BCUT2D eigenvalue weighted by Crippen LogP contribution is 2.39. The van der Waals surface area contributed by atoms with E-state index in [-0.39, 0.29) is 18.2 Å². The zero-order valence-corrected chi connectivity index (χ0v) is 12.5. The molecular weight excluding hydrogens is 321 g/mol.